The van der Waals surface area contributed by atoms with Gasteiger partial charge in [-0.25, -0.2) is 0 Å². The first-order chi connectivity index (χ1) is 17.0. The number of rotatable bonds is 22. The Morgan fingerprint density at radius 3 is 1.31 bits per heavy atom. The van der Waals surface area contributed by atoms with Gasteiger partial charge in [0.05, 0.1) is 25.6 Å². The normalized spacial score (nSPS) is 10.9. The van der Waals surface area contributed by atoms with E-state index in [0.29, 0.717) is 0 Å². The molecule has 0 bridgehead atoms. The average molecular weight is 490 g/mol. The Morgan fingerprint density at radius 2 is 1.00 bits per heavy atom. The number of carboxylic acid groups (broad SMARTS) is 1. The lowest BCUT2D eigenvalue weighted by atomic mass is 10.1. The molecule has 0 amide bonds. The number of benzene rings is 1. The van der Waals surface area contributed by atoms with Crippen molar-refractivity contribution in [1.29, 1.82) is 0 Å². The summed E-state index contributed by atoms with van der Waals surface area (Å²) in [5.74, 6) is -1.12. The number of carbonyl (C=O) groups is 1. The van der Waals surface area contributed by atoms with E-state index in [1.165, 1.54) is 141 Å². The largest absolute Gasteiger partial charge is 0.545 e. The van der Waals surface area contributed by atoms with Crippen molar-refractivity contribution in [3.05, 3.63) is 35.4 Å². The second-order valence-electron chi connectivity index (χ2n) is 10.5. The number of hydrogen-bond acceptors (Lipinski definition) is 2. The molecule has 0 heterocycles. The second-order valence-corrected chi connectivity index (χ2v) is 10.5. The number of aryl methyl sites for hydroxylation is 1. The van der Waals surface area contributed by atoms with E-state index in [-0.39, 0.29) is 5.56 Å². The highest BCUT2D eigenvalue weighted by Gasteiger charge is 2.08. The Morgan fingerprint density at radius 1 is 0.629 bits per heavy atom. The van der Waals surface area contributed by atoms with Gasteiger partial charge < -0.3 is 14.8 Å². The molecule has 3 heteroatoms. The molecule has 0 atom stereocenters. The average Bonchev–Trinajstić information content (AvgIpc) is 2.85. The fraction of sp³-hybridized carbons (Fsp3) is 0.781. The third-order valence-corrected chi connectivity index (χ3v) is 6.91. The fourth-order valence-corrected chi connectivity index (χ4v) is 4.61. The minimum atomic E-state index is -1.12. The molecule has 204 valence electrons. The highest BCUT2D eigenvalue weighted by molar-refractivity contribution is 5.85. The summed E-state index contributed by atoms with van der Waals surface area (Å²) in [6.45, 7) is 13.1. The molecule has 1 rings (SSSR count). The summed E-state index contributed by atoms with van der Waals surface area (Å²) in [4.78, 5) is 12.2. The summed E-state index contributed by atoms with van der Waals surface area (Å²) in [7, 11) is 0. The Bertz CT molecular complexity index is 549. The van der Waals surface area contributed by atoms with Crippen molar-refractivity contribution >= 4 is 5.97 Å². The summed E-state index contributed by atoms with van der Waals surface area (Å²) < 4.78 is 0. The van der Waals surface area contributed by atoms with E-state index in [2.05, 4.69) is 20.8 Å². The van der Waals surface area contributed by atoms with Crippen LogP contribution in [0.3, 0.4) is 0 Å². The van der Waals surface area contributed by atoms with Crippen molar-refractivity contribution in [3.63, 3.8) is 0 Å². The van der Waals surface area contributed by atoms with Crippen molar-refractivity contribution in [2.24, 2.45) is 0 Å². The number of carboxylic acids is 1. The predicted molar refractivity (Wildman–Crippen MR) is 151 cm³/mol. The van der Waals surface area contributed by atoms with Crippen molar-refractivity contribution in [2.75, 3.05) is 19.6 Å². The van der Waals surface area contributed by atoms with Gasteiger partial charge in [-0.3, -0.25) is 0 Å². The first kappa shape index (κ1) is 33.7. The van der Waals surface area contributed by atoms with Crippen LogP contribution in [0.15, 0.2) is 24.3 Å². The van der Waals surface area contributed by atoms with Gasteiger partial charge in [0.2, 0.25) is 0 Å². The minimum absolute atomic E-state index is 0.236. The Labute approximate surface area is 219 Å². The summed E-state index contributed by atoms with van der Waals surface area (Å²) >= 11 is 0. The number of quaternary nitrogens is 1. The van der Waals surface area contributed by atoms with E-state index >= 15 is 0 Å². The topological polar surface area (TPSA) is 44.6 Å². The van der Waals surface area contributed by atoms with Crippen LogP contribution in [0, 0.1) is 6.92 Å². The third kappa shape index (κ3) is 22.8. The third-order valence-electron chi connectivity index (χ3n) is 6.91. The molecule has 0 aromatic heterocycles. The number of unbranched alkanes of at least 4 members (excludes halogenated alkanes) is 15. The quantitative estimate of drug-likeness (QED) is 0.174. The van der Waals surface area contributed by atoms with Crippen LogP contribution in [0.1, 0.15) is 152 Å². The number of nitrogens with one attached hydrogen (secondary N) is 1. The highest BCUT2D eigenvalue weighted by Crippen LogP contribution is 2.06. The molecule has 0 aliphatic rings. The van der Waals surface area contributed by atoms with Gasteiger partial charge >= 0.3 is 0 Å². The lowest BCUT2D eigenvalue weighted by Gasteiger charge is -2.20. The minimum Gasteiger partial charge on any atom is -0.545 e. The van der Waals surface area contributed by atoms with Gasteiger partial charge in [0, 0.05) is 0 Å². The molecular formula is C32H59NO2. The van der Waals surface area contributed by atoms with Crippen LogP contribution >= 0.6 is 0 Å². The summed E-state index contributed by atoms with van der Waals surface area (Å²) in [5, 5.41) is 10.2. The van der Waals surface area contributed by atoms with E-state index in [1.807, 2.05) is 17.9 Å². The standard InChI is InChI=1S/C24H51N.C8H8O2/c1-4-7-10-13-16-19-22-25(23-20-17-14-11-8-5-2)24-21-18-15-12-9-6-3;1-6-3-2-4-7(5-6)8(9)10/h4-24H2,1-3H3;2-5H,1H3,(H,9,10). The molecule has 0 saturated carbocycles. The van der Waals surface area contributed by atoms with Crippen LogP contribution in [0.2, 0.25) is 0 Å². The number of hydrogen-bond donors (Lipinski definition) is 1. The maximum atomic E-state index is 10.2. The van der Waals surface area contributed by atoms with Gasteiger partial charge in [0.1, 0.15) is 0 Å². The van der Waals surface area contributed by atoms with Crippen molar-refractivity contribution < 1.29 is 14.8 Å². The first-order valence-corrected chi connectivity index (χ1v) is 15.2. The smallest absolute Gasteiger partial charge is 0.0770 e. The molecule has 35 heavy (non-hydrogen) atoms. The van der Waals surface area contributed by atoms with Crippen LogP contribution in [0.4, 0.5) is 0 Å². The lowest BCUT2D eigenvalue weighted by Crippen LogP contribution is -3.12. The maximum Gasteiger partial charge on any atom is 0.0770 e. The zero-order valence-electron chi connectivity index (χ0n) is 24.0. The van der Waals surface area contributed by atoms with Crippen LogP contribution in [0.5, 0.6) is 0 Å². The van der Waals surface area contributed by atoms with E-state index in [0.717, 1.165) is 5.56 Å². The monoisotopic (exact) mass is 489 g/mol. The Balaban J connectivity index is 0.000000952. The molecule has 1 aromatic carbocycles. The molecule has 0 unspecified atom stereocenters. The molecular weight excluding hydrogens is 430 g/mol. The van der Waals surface area contributed by atoms with Gasteiger partial charge in [-0.05, 0) is 51.0 Å². The number of carbonyl (C=O) groups excluding carboxylic acids is 1. The fourth-order valence-electron chi connectivity index (χ4n) is 4.61. The summed E-state index contributed by atoms with van der Waals surface area (Å²) in [6, 6.07) is 6.63. The summed E-state index contributed by atoms with van der Waals surface area (Å²) in [5.41, 5.74) is 1.17. The van der Waals surface area contributed by atoms with Gasteiger partial charge in [0.15, 0.2) is 0 Å². The Hall–Kier alpha value is -1.35. The van der Waals surface area contributed by atoms with Crippen LogP contribution < -0.4 is 10.0 Å². The van der Waals surface area contributed by atoms with E-state index in [1.54, 1.807) is 12.1 Å². The predicted octanol–water partition coefficient (Wildman–Crippen LogP) is 7.31. The zero-order chi connectivity index (χ0) is 26.0. The van der Waals surface area contributed by atoms with Crippen molar-refractivity contribution in [1.82, 2.24) is 0 Å². The molecule has 0 saturated heterocycles. The highest BCUT2D eigenvalue weighted by atomic mass is 16.4. The molecule has 0 spiro atoms. The van der Waals surface area contributed by atoms with Gasteiger partial charge in [0.25, 0.3) is 0 Å². The van der Waals surface area contributed by atoms with E-state index < -0.39 is 5.97 Å². The maximum absolute atomic E-state index is 10.2. The van der Waals surface area contributed by atoms with E-state index in [9.17, 15) is 9.90 Å². The first-order valence-electron chi connectivity index (χ1n) is 15.2. The van der Waals surface area contributed by atoms with Crippen molar-refractivity contribution in [2.45, 2.75) is 143 Å². The molecule has 0 fully saturated rings. The van der Waals surface area contributed by atoms with Crippen LogP contribution in [-0.4, -0.2) is 25.6 Å². The van der Waals surface area contributed by atoms with Gasteiger partial charge in [-0.15, -0.1) is 0 Å². The number of aromatic carboxylic acids is 1. The van der Waals surface area contributed by atoms with Gasteiger partial charge in [-0.1, -0.05) is 128 Å². The van der Waals surface area contributed by atoms with Crippen LogP contribution in [0.25, 0.3) is 0 Å². The van der Waals surface area contributed by atoms with E-state index in [4.69, 9.17) is 0 Å². The molecule has 3 nitrogen and oxygen atoms in total. The molecule has 0 aliphatic carbocycles. The molecule has 1 aromatic rings. The van der Waals surface area contributed by atoms with Gasteiger partial charge in [-0.2, -0.15) is 0 Å². The summed E-state index contributed by atoms with van der Waals surface area (Å²) in [6.07, 6.45) is 26.0. The molecule has 0 radical (unpaired) electrons. The van der Waals surface area contributed by atoms with Crippen molar-refractivity contribution in [3.8, 4) is 0 Å². The molecule has 1 N–H and O–H groups in total. The second kappa shape index (κ2) is 25.7. The zero-order valence-corrected chi connectivity index (χ0v) is 24.0. The SMILES string of the molecule is CCCCCCCC[NH+](CCCCCCCC)CCCCCCCC.Cc1cccc(C(=O)[O-])c1. The van der Waals surface area contributed by atoms with Crippen LogP contribution in [-0.2, 0) is 0 Å². The lowest BCUT2D eigenvalue weighted by molar-refractivity contribution is -0.900. The molecule has 0 aliphatic heterocycles. The Kier molecular flexibility index (Phi) is 24.7.